The van der Waals surface area contributed by atoms with Crippen LogP contribution < -0.4 is 5.32 Å². The summed E-state index contributed by atoms with van der Waals surface area (Å²) in [7, 11) is 0. The van der Waals surface area contributed by atoms with Gasteiger partial charge < -0.3 is 20.1 Å². The van der Waals surface area contributed by atoms with Crippen LogP contribution in [0.4, 0.5) is 0 Å². The minimum absolute atomic E-state index is 0.0321. The van der Waals surface area contributed by atoms with Crippen LogP contribution in [0.2, 0.25) is 0 Å². The monoisotopic (exact) mass is 242 g/mol. The Bertz CT molecular complexity index is 385. The van der Waals surface area contributed by atoms with Crippen molar-refractivity contribution in [2.75, 3.05) is 6.54 Å². The maximum Gasteiger partial charge on any atom is 0.273 e. The summed E-state index contributed by atoms with van der Waals surface area (Å²) in [4.78, 5) is 11.8. The Labute approximate surface area is 99.6 Å². The predicted octanol–water partition coefficient (Wildman–Crippen LogP) is 0.606. The quantitative estimate of drug-likeness (QED) is 0.703. The van der Waals surface area contributed by atoms with E-state index in [1.54, 1.807) is 0 Å². The molecule has 0 bridgehead atoms. The second-order valence-electron chi connectivity index (χ2n) is 4.31. The van der Waals surface area contributed by atoms with Gasteiger partial charge in [0.15, 0.2) is 11.5 Å². The molecule has 0 fully saturated rings. The fraction of sp³-hybridized carbons (Fsp3) is 0.636. The highest BCUT2D eigenvalue weighted by molar-refractivity contribution is 5.93. The second-order valence-corrected chi connectivity index (χ2v) is 4.31. The number of hydrogen-bond acceptors (Lipinski definition) is 5. The Morgan fingerprint density at radius 2 is 2.12 bits per heavy atom. The average molecular weight is 242 g/mol. The van der Waals surface area contributed by atoms with E-state index in [1.165, 1.54) is 6.92 Å². The number of aliphatic hydroxyl groups excluding tert-OH is 2. The molecule has 1 rings (SSSR count). The van der Waals surface area contributed by atoms with Crippen LogP contribution in [0, 0.1) is 5.92 Å². The van der Waals surface area contributed by atoms with Crippen LogP contribution in [-0.4, -0.2) is 27.8 Å². The average Bonchev–Trinajstić information content (AvgIpc) is 2.69. The Balaban J connectivity index is 2.90. The van der Waals surface area contributed by atoms with Gasteiger partial charge in [-0.2, -0.15) is 0 Å². The molecule has 0 aliphatic carbocycles. The highest BCUT2D eigenvalue weighted by Crippen LogP contribution is 2.22. The molecule has 6 heteroatoms. The third-order valence-corrected chi connectivity index (χ3v) is 2.25. The van der Waals surface area contributed by atoms with Crippen LogP contribution in [0.3, 0.4) is 0 Å². The Morgan fingerprint density at radius 3 is 2.59 bits per heavy atom. The third kappa shape index (κ3) is 3.28. The third-order valence-electron chi connectivity index (χ3n) is 2.25. The molecular weight excluding hydrogens is 224 g/mol. The first-order chi connectivity index (χ1) is 7.97. The predicted molar refractivity (Wildman–Crippen MR) is 60.2 cm³/mol. The topological polar surface area (TPSA) is 95.6 Å². The maximum absolute atomic E-state index is 11.8. The van der Waals surface area contributed by atoms with Gasteiger partial charge in [0.05, 0.1) is 11.7 Å². The number of rotatable bonds is 5. The minimum atomic E-state index is -0.914. The van der Waals surface area contributed by atoms with Gasteiger partial charge in [0.1, 0.15) is 6.61 Å². The van der Waals surface area contributed by atoms with Crippen molar-refractivity contribution >= 4 is 5.91 Å². The van der Waals surface area contributed by atoms with Crippen molar-refractivity contribution in [3.8, 4) is 0 Å². The minimum Gasteiger partial charge on any atom is -0.388 e. The van der Waals surface area contributed by atoms with Gasteiger partial charge >= 0.3 is 0 Å². The van der Waals surface area contributed by atoms with Crippen LogP contribution in [0.1, 0.15) is 48.7 Å². The summed E-state index contributed by atoms with van der Waals surface area (Å²) < 4.78 is 4.81. The Kier molecular flexibility index (Phi) is 4.65. The zero-order valence-corrected chi connectivity index (χ0v) is 10.2. The molecule has 0 saturated heterocycles. The molecule has 1 aromatic rings. The smallest absolute Gasteiger partial charge is 0.273 e. The molecule has 0 radical (unpaired) electrons. The zero-order valence-electron chi connectivity index (χ0n) is 10.2. The molecular formula is C11H18N2O4. The van der Waals surface area contributed by atoms with E-state index in [2.05, 4.69) is 10.5 Å². The summed E-state index contributed by atoms with van der Waals surface area (Å²) in [6.45, 7) is 5.55. The SMILES string of the molecule is CC(C)CNC(=O)c1noc(CO)c1C(C)O. The molecule has 1 unspecified atom stereocenters. The van der Waals surface area contributed by atoms with E-state index in [-0.39, 0.29) is 17.0 Å². The molecule has 0 aromatic carbocycles. The summed E-state index contributed by atoms with van der Waals surface area (Å²) in [5, 5.41) is 24.8. The highest BCUT2D eigenvalue weighted by atomic mass is 16.5. The first-order valence-electron chi connectivity index (χ1n) is 5.52. The van der Waals surface area contributed by atoms with Gasteiger partial charge in [-0.25, -0.2) is 0 Å². The molecule has 1 aromatic heterocycles. The van der Waals surface area contributed by atoms with Crippen molar-refractivity contribution in [3.05, 3.63) is 17.0 Å². The van der Waals surface area contributed by atoms with E-state index in [0.717, 1.165) is 0 Å². The number of carbonyl (C=O) groups is 1. The van der Waals surface area contributed by atoms with Gasteiger partial charge in [0, 0.05) is 6.54 Å². The largest absolute Gasteiger partial charge is 0.388 e. The lowest BCUT2D eigenvalue weighted by Gasteiger charge is -2.08. The lowest BCUT2D eigenvalue weighted by molar-refractivity contribution is 0.0934. The number of nitrogens with zero attached hydrogens (tertiary/aromatic N) is 1. The number of hydrogen-bond donors (Lipinski definition) is 3. The van der Waals surface area contributed by atoms with Gasteiger partial charge in [-0.05, 0) is 12.8 Å². The fourth-order valence-corrected chi connectivity index (χ4v) is 1.42. The molecule has 0 aliphatic heterocycles. The van der Waals surface area contributed by atoms with Crippen LogP contribution >= 0.6 is 0 Å². The van der Waals surface area contributed by atoms with Gasteiger partial charge in [-0.1, -0.05) is 19.0 Å². The van der Waals surface area contributed by atoms with Gasteiger partial charge in [-0.3, -0.25) is 4.79 Å². The molecule has 96 valence electrons. The summed E-state index contributed by atoms with van der Waals surface area (Å²) in [6.07, 6.45) is -0.914. The molecule has 0 aliphatic rings. The second kappa shape index (κ2) is 5.79. The molecule has 0 saturated carbocycles. The van der Waals surface area contributed by atoms with Crippen molar-refractivity contribution in [1.82, 2.24) is 10.5 Å². The van der Waals surface area contributed by atoms with E-state index in [0.29, 0.717) is 12.5 Å². The fourth-order valence-electron chi connectivity index (χ4n) is 1.42. The van der Waals surface area contributed by atoms with Crippen LogP contribution in [0.25, 0.3) is 0 Å². The highest BCUT2D eigenvalue weighted by Gasteiger charge is 2.24. The normalized spacial score (nSPS) is 12.8. The molecule has 3 N–H and O–H groups in total. The standard InChI is InChI=1S/C11H18N2O4/c1-6(2)4-12-11(16)10-9(7(3)15)8(5-14)17-13-10/h6-7,14-15H,4-5H2,1-3H3,(H,12,16). The summed E-state index contributed by atoms with van der Waals surface area (Å²) in [5.41, 5.74) is 0.276. The van der Waals surface area contributed by atoms with Crippen molar-refractivity contribution in [2.45, 2.75) is 33.5 Å². The van der Waals surface area contributed by atoms with Gasteiger partial charge in [0.2, 0.25) is 0 Å². The van der Waals surface area contributed by atoms with Crippen LogP contribution in [-0.2, 0) is 6.61 Å². The molecule has 1 atom stereocenters. The van der Waals surface area contributed by atoms with Crippen LogP contribution in [0.15, 0.2) is 4.52 Å². The number of aromatic nitrogens is 1. The van der Waals surface area contributed by atoms with Crippen molar-refractivity contribution < 1.29 is 19.5 Å². The van der Waals surface area contributed by atoms with Crippen molar-refractivity contribution in [3.63, 3.8) is 0 Å². The lowest BCUT2D eigenvalue weighted by atomic mass is 10.1. The summed E-state index contributed by atoms with van der Waals surface area (Å²) in [6, 6.07) is 0. The van der Waals surface area contributed by atoms with E-state index in [4.69, 9.17) is 9.63 Å². The molecule has 1 heterocycles. The molecule has 6 nitrogen and oxygen atoms in total. The number of carbonyl (C=O) groups excluding carboxylic acids is 1. The van der Waals surface area contributed by atoms with Gasteiger partial charge in [0.25, 0.3) is 5.91 Å². The van der Waals surface area contributed by atoms with E-state index in [9.17, 15) is 9.90 Å². The number of nitrogens with one attached hydrogen (secondary N) is 1. The Morgan fingerprint density at radius 1 is 1.47 bits per heavy atom. The first kappa shape index (κ1) is 13.7. The molecule has 0 spiro atoms. The maximum atomic E-state index is 11.8. The van der Waals surface area contributed by atoms with E-state index < -0.39 is 18.6 Å². The molecule has 17 heavy (non-hydrogen) atoms. The van der Waals surface area contributed by atoms with Crippen molar-refractivity contribution in [1.29, 1.82) is 0 Å². The summed E-state index contributed by atoms with van der Waals surface area (Å²) in [5.74, 6) is 0.0333. The van der Waals surface area contributed by atoms with E-state index in [1.807, 2.05) is 13.8 Å². The Hall–Kier alpha value is -1.40. The number of amides is 1. The van der Waals surface area contributed by atoms with Gasteiger partial charge in [-0.15, -0.1) is 0 Å². The number of aliphatic hydroxyl groups is 2. The summed E-state index contributed by atoms with van der Waals surface area (Å²) >= 11 is 0. The van der Waals surface area contributed by atoms with E-state index >= 15 is 0 Å². The lowest BCUT2D eigenvalue weighted by Crippen LogP contribution is -2.28. The zero-order chi connectivity index (χ0) is 13.0. The van der Waals surface area contributed by atoms with Crippen LogP contribution in [0.5, 0.6) is 0 Å². The molecule has 1 amide bonds. The van der Waals surface area contributed by atoms with Crippen molar-refractivity contribution in [2.24, 2.45) is 5.92 Å². The first-order valence-corrected chi connectivity index (χ1v) is 5.52.